The molecule has 5 heteroatoms. The van der Waals surface area contributed by atoms with E-state index >= 15 is 0 Å². The lowest BCUT2D eigenvalue weighted by Crippen LogP contribution is -2.18. The molecule has 0 radical (unpaired) electrons. The van der Waals surface area contributed by atoms with Crippen molar-refractivity contribution in [3.63, 3.8) is 0 Å². The molecular formula is C14H19N3OS. The van der Waals surface area contributed by atoms with Gasteiger partial charge in [0.25, 0.3) is 0 Å². The van der Waals surface area contributed by atoms with Crippen molar-refractivity contribution in [1.29, 1.82) is 0 Å². The Morgan fingerprint density at radius 2 is 2.16 bits per heavy atom. The third-order valence-electron chi connectivity index (χ3n) is 2.93. The number of aromatic nitrogens is 2. The molecule has 2 aromatic heterocycles. The Morgan fingerprint density at radius 1 is 1.37 bits per heavy atom. The molecule has 0 saturated heterocycles. The maximum absolute atomic E-state index is 5.28. The van der Waals surface area contributed by atoms with Crippen molar-refractivity contribution in [3.05, 3.63) is 40.0 Å². The van der Waals surface area contributed by atoms with Crippen LogP contribution in [-0.2, 0) is 11.3 Å². The number of pyridine rings is 1. The molecule has 0 fully saturated rings. The number of nitrogens with zero attached hydrogens (tertiary/aromatic N) is 3. The highest BCUT2D eigenvalue weighted by Gasteiger charge is 2.11. The van der Waals surface area contributed by atoms with Crippen molar-refractivity contribution < 1.29 is 4.74 Å². The quantitative estimate of drug-likeness (QED) is 0.841. The minimum atomic E-state index is 0.0566. The summed E-state index contributed by atoms with van der Waals surface area (Å²) >= 11 is 1.64. The normalized spacial score (nSPS) is 12.4. The van der Waals surface area contributed by atoms with E-state index in [1.54, 1.807) is 18.4 Å². The smallest absolute Gasteiger partial charge is 0.128 e. The van der Waals surface area contributed by atoms with Crippen LogP contribution in [0.5, 0.6) is 0 Å². The molecule has 0 N–H and O–H groups in total. The zero-order valence-electron chi connectivity index (χ0n) is 11.8. The minimum absolute atomic E-state index is 0.0566. The van der Waals surface area contributed by atoms with Crippen molar-refractivity contribution >= 4 is 17.2 Å². The summed E-state index contributed by atoms with van der Waals surface area (Å²) in [7, 11) is 3.73. The summed E-state index contributed by atoms with van der Waals surface area (Å²) in [6, 6.07) is 6.03. The van der Waals surface area contributed by atoms with E-state index in [0.717, 1.165) is 28.8 Å². The number of hydrogen-bond acceptors (Lipinski definition) is 5. The first-order valence-corrected chi connectivity index (χ1v) is 7.10. The zero-order valence-corrected chi connectivity index (χ0v) is 12.6. The van der Waals surface area contributed by atoms with Crippen molar-refractivity contribution in [2.75, 3.05) is 19.1 Å². The van der Waals surface area contributed by atoms with Crippen molar-refractivity contribution in [1.82, 2.24) is 9.97 Å². The molecule has 0 saturated carbocycles. The van der Waals surface area contributed by atoms with Gasteiger partial charge in [0.05, 0.1) is 12.2 Å². The van der Waals surface area contributed by atoms with Crippen LogP contribution in [0.3, 0.4) is 0 Å². The highest BCUT2D eigenvalue weighted by molar-refractivity contribution is 7.09. The van der Waals surface area contributed by atoms with Crippen molar-refractivity contribution in [2.45, 2.75) is 26.5 Å². The fourth-order valence-corrected chi connectivity index (χ4v) is 2.59. The van der Waals surface area contributed by atoms with Gasteiger partial charge in [-0.1, -0.05) is 6.07 Å². The Hall–Kier alpha value is -1.46. The van der Waals surface area contributed by atoms with Crippen LogP contribution in [0, 0.1) is 6.92 Å². The number of thiazole rings is 1. The molecule has 2 heterocycles. The highest BCUT2D eigenvalue weighted by Crippen LogP contribution is 2.21. The molecule has 0 aliphatic heterocycles. The summed E-state index contributed by atoms with van der Waals surface area (Å²) in [5.41, 5.74) is 2.08. The standard InChI is InChI=1S/C14H19N3OS/c1-10-6-5-7-13(15-10)17(3)8-12-9-19-14(16-12)11(2)18-4/h5-7,9,11H,8H2,1-4H3/t11-/m1/s1. The fourth-order valence-electron chi connectivity index (χ4n) is 1.75. The Bertz CT molecular complexity index is 541. The van der Waals surface area contributed by atoms with E-state index in [-0.39, 0.29) is 6.10 Å². The summed E-state index contributed by atoms with van der Waals surface area (Å²) in [6.45, 7) is 4.76. The summed E-state index contributed by atoms with van der Waals surface area (Å²) in [5, 5.41) is 3.10. The Labute approximate surface area is 118 Å². The number of aryl methyl sites for hydroxylation is 1. The van der Waals surface area contributed by atoms with Gasteiger partial charge in [-0.05, 0) is 26.0 Å². The Balaban J connectivity index is 2.06. The number of ether oxygens (including phenoxy) is 1. The van der Waals surface area contributed by atoms with Gasteiger partial charge in [0.15, 0.2) is 0 Å². The highest BCUT2D eigenvalue weighted by atomic mass is 32.1. The molecule has 19 heavy (non-hydrogen) atoms. The molecular weight excluding hydrogens is 258 g/mol. The lowest BCUT2D eigenvalue weighted by atomic mass is 10.3. The topological polar surface area (TPSA) is 38.2 Å². The number of anilines is 1. The average Bonchev–Trinajstić information content (AvgIpc) is 2.86. The third kappa shape index (κ3) is 3.52. The molecule has 0 aromatic carbocycles. The van der Waals surface area contributed by atoms with E-state index in [9.17, 15) is 0 Å². The second-order valence-electron chi connectivity index (χ2n) is 4.55. The van der Waals surface area contributed by atoms with E-state index in [2.05, 4.69) is 20.2 Å². The molecule has 4 nitrogen and oxygen atoms in total. The van der Waals surface area contributed by atoms with Crippen LogP contribution < -0.4 is 4.90 Å². The Morgan fingerprint density at radius 3 is 2.84 bits per heavy atom. The van der Waals surface area contributed by atoms with Crippen LogP contribution >= 0.6 is 11.3 Å². The predicted octanol–water partition coefficient (Wildman–Crippen LogP) is 3.19. The van der Waals surface area contributed by atoms with Crippen molar-refractivity contribution in [3.8, 4) is 0 Å². The van der Waals surface area contributed by atoms with E-state index in [4.69, 9.17) is 4.74 Å². The number of hydrogen-bond donors (Lipinski definition) is 0. The van der Waals surface area contributed by atoms with E-state index < -0.39 is 0 Å². The van der Waals surface area contributed by atoms with Crippen LogP contribution in [0.25, 0.3) is 0 Å². The first-order chi connectivity index (χ1) is 9.10. The van der Waals surface area contributed by atoms with Crippen LogP contribution in [0.1, 0.15) is 29.4 Å². The SMILES string of the molecule is CO[C@H](C)c1nc(CN(C)c2cccc(C)n2)cs1. The first kappa shape index (κ1) is 14.0. The number of methoxy groups -OCH3 is 1. The molecule has 1 atom stereocenters. The predicted molar refractivity (Wildman–Crippen MR) is 78.6 cm³/mol. The molecule has 102 valence electrons. The molecule has 0 unspecified atom stereocenters. The average molecular weight is 277 g/mol. The largest absolute Gasteiger partial charge is 0.375 e. The Kier molecular flexibility index (Phi) is 4.50. The summed E-state index contributed by atoms with van der Waals surface area (Å²) < 4.78 is 5.28. The molecule has 0 aliphatic carbocycles. The van der Waals surface area contributed by atoms with Crippen LogP contribution in [0.4, 0.5) is 5.82 Å². The lowest BCUT2D eigenvalue weighted by molar-refractivity contribution is 0.119. The van der Waals surface area contributed by atoms with Crippen molar-refractivity contribution in [2.24, 2.45) is 0 Å². The summed E-state index contributed by atoms with van der Waals surface area (Å²) in [5.74, 6) is 0.967. The maximum atomic E-state index is 5.28. The van der Waals surface area contributed by atoms with Gasteiger partial charge < -0.3 is 9.64 Å². The van der Waals surface area contributed by atoms with Gasteiger partial charge in [-0.15, -0.1) is 11.3 Å². The molecule has 0 spiro atoms. The van der Waals surface area contributed by atoms with Gasteiger partial charge in [-0.25, -0.2) is 9.97 Å². The molecule has 0 amide bonds. The summed E-state index contributed by atoms with van der Waals surface area (Å²) in [4.78, 5) is 11.2. The molecule has 0 bridgehead atoms. The number of rotatable bonds is 5. The van der Waals surface area contributed by atoms with Gasteiger partial charge >= 0.3 is 0 Å². The third-order valence-corrected chi connectivity index (χ3v) is 3.99. The molecule has 2 aromatic rings. The van der Waals surface area contributed by atoms with Gasteiger partial charge in [0, 0.05) is 25.2 Å². The lowest BCUT2D eigenvalue weighted by Gasteiger charge is -2.17. The van der Waals surface area contributed by atoms with Gasteiger partial charge in [-0.3, -0.25) is 0 Å². The van der Waals surface area contributed by atoms with E-state index in [1.165, 1.54) is 0 Å². The molecule has 0 aliphatic rings. The molecule has 2 rings (SSSR count). The summed E-state index contributed by atoms with van der Waals surface area (Å²) in [6.07, 6.45) is 0.0566. The van der Waals surface area contributed by atoms with Gasteiger partial charge in [0.2, 0.25) is 0 Å². The monoisotopic (exact) mass is 277 g/mol. The second-order valence-corrected chi connectivity index (χ2v) is 5.44. The second kappa shape index (κ2) is 6.12. The minimum Gasteiger partial charge on any atom is -0.375 e. The first-order valence-electron chi connectivity index (χ1n) is 6.22. The fraction of sp³-hybridized carbons (Fsp3) is 0.429. The van der Waals surface area contributed by atoms with E-state index in [1.807, 2.05) is 39.1 Å². The van der Waals surface area contributed by atoms with Gasteiger partial charge in [-0.2, -0.15) is 0 Å². The van der Waals surface area contributed by atoms with Gasteiger partial charge in [0.1, 0.15) is 16.9 Å². The van der Waals surface area contributed by atoms with Crippen LogP contribution in [-0.4, -0.2) is 24.1 Å². The van der Waals surface area contributed by atoms with E-state index in [0.29, 0.717) is 0 Å². The van der Waals surface area contributed by atoms with Crippen LogP contribution in [0.2, 0.25) is 0 Å². The maximum Gasteiger partial charge on any atom is 0.128 e. The van der Waals surface area contributed by atoms with Crippen LogP contribution in [0.15, 0.2) is 23.6 Å². The zero-order chi connectivity index (χ0) is 13.8.